The van der Waals surface area contributed by atoms with Gasteiger partial charge in [0, 0.05) is 32.2 Å². The van der Waals surface area contributed by atoms with Crippen LogP contribution in [-0.4, -0.2) is 41.6 Å². The summed E-state index contributed by atoms with van der Waals surface area (Å²) in [5.74, 6) is 0.568. The van der Waals surface area contributed by atoms with Crippen molar-refractivity contribution in [3.8, 4) is 0 Å². The minimum absolute atomic E-state index is 0.0655. The van der Waals surface area contributed by atoms with Crippen LogP contribution in [0.3, 0.4) is 0 Å². The van der Waals surface area contributed by atoms with Crippen LogP contribution < -0.4 is 10.6 Å². The van der Waals surface area contributed by atoms with Gasteiger partial charge in [-0.1, -0.05) is 31.0 Å². The molecule has 0 unspecified atom stereocenters. The summed E-state index contributed by atoms with van der Waals surface area (Å²) in [6.07, 6.45) is 5.12. The van der Waals surface area contributed by atoms with Gasteiger partial charge in [-0.2, -0.15) is 0 Å². The molecule has 0 saturated carbocycles. The first kappa shape index (κ1) is 22.8. The topological polar surface area (TPSA) is 84.5 Å². The van der Waals surface area contributed by atoms with Crippen molar-refractivity contribution in [3.63, 3.8) is 0 Å². The van der Waals surface area contributed by atoms with Gasteiger partial charge >= 0.3 is 6.09 Å². The van der Waals surface area contributed by atoms with E-state index in [-0.39, 0.29) is 17.1 Å². The summed E-state index contributed by atoms with van der Waals surface area (Å²) in [7, 11) is 0. The summed E-state index contributed by atoms with van der Waals surface area (Å²) in [5, 5.41) is 5.59. The lowest BCUT2D eigenvalue weighted by molar-refractivity contribution is -0.118. The molecule has 140 valence electrons. The van der Waals surface area contributed by atoms with Crippen molar-refractivity contribution in [1.29, 1.82) is 0 Å². The maximum Gasteiger partial charge on any atom is 0.407 e. The molecule has 0 aliphatic rings. The Labute approximate surface area is 149 Å². The second-order valence-electron chi connectivity index (χ2n) is 6.65. The van der Waals surface area contributed by atoms with Crippen LogP contribution in [0.2, 0.25) is 0 Å². The van der Waals surface area contributed by atoms with Crippen molar-refractivity contribution >= 4 is 28.9 Å². The second-order valence-corrected chi connectivity index (χ2v) is 7.80. The average Bonchev–Trinajstić information content (AvgIpc) is 2.44. The van der Waals surface area contributed by atoms with Crippen LogP contribution in [0.25, 0.3) is 0 Å². The van der Waals surface area contributed by atoms with Crippen molar-refractivity contribution < 1.29 is 19.1 Å². The highest BCUT2D eigenvalue weighted by Crippen LogP contribution is 2.11. The van der Waals surface area contributed by atoms with E-state index in [4.69, 9.17) is 4.74 Å². The summed E-state index contributed by atoms with van der Waals surface area (Å²) in [6.45, 7) is 8.14. The first-order valence-corrected chi connectivity index (χ1v) is 9.56. The number of ether oxygens (including phenoxy) is 1. The molecule has 0 aromatic heterocycles. The van der Waals surface area contributed by atoms with Crippen molar-refractivity contribution in [2.45, 2.75) is 71.8 Å². The van der Waals surface area contributed by atoms with Crippen molar-refractivity contribution in [1.82, 2.24) is 10.6 Å². The van der Waals surface area contributed by atoms with Crippen molar-refractivity contribution in [3.05, 3.63) is 0 Å². The third-order valence-electron chi connectivity index (χ3n) is 2.96. The molecule has 2 N–H and O–H groups in total. The number of unbranched alkanes of at least 4 members (excludes halogenated alkanes) is 4. The van der Waals surface area contributed by atoms with E-state index in [2.05, 4.69) is 10.6 Å². The first-order chi connectivity index (χ1) is 11.2. The molecule has 2 amide bonds. The van der Waals surface area contributed by atoms with E-state index in [9.17, 15) is 14.4 Å². The number of carbonyl (C=O) groups is 3. The highest BCUT2D eigenvalue weighted by molar-refractivity contribution is 8.13. The molecule has 0 aliphatic heterocycles. The Morgan fingerprint density at radius 1 is 0.917 bits per heavy atom. The Morgan fingerprint density at radius 3 is 2.17 bits per heavy atom. The molecule has 6 nitrogen and oxygen atoms in total. The predicted molar refractivity (Wildman–Crippen MR) is 98.1 cm³/mol. The van der Waals surface area contributed by atoms with Crippen molar-refractivity contribution in [2.75, 3.05) is 18.8 Å². The van der Waals surface area contributed by atoms with E-state index < -0.39 is 5.60 Å². The Hall–Kier alpha value is -1.24. The van der Waals surface area contributed by atoms with E-state index >= 15 is 0 Å². The number of thioether (sulfide) groups is 1. The van der Waals surface area contributed by atoms with Crippen LogP contribution in [0.1, 0.15) is 66.2 Å². The summed E-state index contributed by atoms with van der Waals surface area (Å²) in [4.78, 5) is 33.7. The maximum absolute atomic E-state index is 11.6. The lowest BCUT2D eigenvalue weighted by Crippen LogP contribution is -2.32. The zero-order chi connectivity index (χ0) is 18.4. The van der Waals surface area contributed by atoms with E-state index in [1.807, 2.05) is 20.8 Å². The molecular weight excluding hydrogens is 328 g/mol. The molecule has 0 bridgehead atoms. The Kier molecular flexibility index (Phi) is 12.4. The molecule has 0 spiro atoms. The number of carbonyl (C=O) groups excluding carboxylic acids is 3. The standard InChI is InChI=1S/C17H32N2O4S/c1-14(20)18-12-13-24-15(21)10-8-6-5-7-9-11-19-16(22)23-17(2,3)4/h5-13H2,1-4H3,(H,18,20)(H,19,22). The number of amides is 2. The van der Waals surface area contributed by atoms with Gasteiger partial charge in [-0.3, -0.25) is 9.59 Å². The summed E-state index contributed by atoms with van der Waals surface area (Å²) in [6, 6.07) is 0. The molecule has 0 atom stereocenters. The SMILES string of the molecule is CC(=O)NCCSC(=O)CCCCCCCNC(=O)OC(C)(C)C. The van der Waals surface area contributed by atoms with Crippen LogP contribution in [0.4, 0.5) is 4.79 Å². The third kappa shape index (κ3) is 17.1. The van der Waals surface area contributed by atoms with E-state index in [0.29, 0.717) is 25.3 Å². The number of rotatable bonds is 11. The fourth-order valence-corrected chi connectivity index (χ4v) is 2.61. The van der Waals surface area contributed by atoms with Gasteiger partial charge in [-0.05, 0) is 33.6 Å². The van der Waals surface area contributed by atoms with E-state index in [0.717, 1.165) is 32.1 Å². The maximum atomic E-state index is 11.6. The fourth-order valence-electron chi connectivity index (χ4n) is 1.89. The van der Waals surface area contributed by atoms with Gasteiger partial charge in [0.25, 0.3) is 0 Å². The Morgan fingerprint density at radius 2 is 1.54 bits per heavy atom. The van der Waals surface area contributed by atoms with Crippen LogP contribution in [0, 0.1) is 0 Å². The molecule has 0 radical (unpaired) electrons. The second kappa shape index (κ2) is 13.1. The lowest BCUT2D eigenvalue weighted by atomic mass is 10.1. The minimum atomic E-state index is -0.462. The highest BCUT2D eigenvalue weighted by atomic mass is 32.2. The minimum Gasteiger partial charge on any atom is -0.444 e. The monoisotopic (exact) mass is 360 g/mol. The van der Waals surface area contributed by atoms with Crippen LogP contribution >= 0.6 is 11.8 Å². The van der Waals surface area contributed by atoms with Crippen molar-refractivity contribution in [2.24, 2.45) is 0 Å². The van der Waals surface area contributed by atoms with Gasteiger partial charge in [0.2, 0.25) is 5.91 Å². The van der Waals surface area contributed by atoms with Crippen LogP contribution in [0.5, 0.6) is 0 Å². The molecule has 0 aromatic carbocycles. The summed E-state index contributed by atoms with van der Waals surface area (Å²) >= 11 is 1.28. The van der Waals surface area contributed by atoms with Gasteiger partial charge in [-0.15, -0.1) is 0 Å². The molecule has 0 aliphatic carbocycles. The lowest BCUT2D eigenvalue weighted by Gasteiger charge is -2.19. The molecule has 0 heterocycles. The van der Waals surface area contributed by atoms with Crippen LogP contribution in [0.15, 0.2) is 0 Å². The first-order valence-electron chi connectivity index (χ1n) is 8.57. The smallest absolute Gasteiger partial charge is 0.407 e. The van der Waals surface area contributed by atoms with Gasteiger partial charge in [-0.25, -0.2) is 4.79 Å². The number of hydrogen-bond donors (Lipinski definition) is 2. The molecule has 0 saturated heterocycles. The average molecular weight is 361 g/mol. The molecule has 24 heavy (non-hydrogen) atoms. The number of nitrogens with one attached hydrogen (secondary N) is 2. The normalized spacial score (nSPS) is 11.0. The van der Waals surface area contributed by atoms with Crippen LogP contribution in [-0.2, 0) is 14.3 Å². The summed E-state index contributed by atoms with van der Waals surface area (Å²) in [5.41, 5.74) is -0.462. The largest absolute Gasteiger partial charge is 0.444 e. The van der Waals surface area contributed by atoms with Gasteiger partial charge in [0.05, 0.1) is 0 Å². The molecule has 0 fully saturated rings. The fraction of sp³-hybridized carbons (Fsp3) is 0.824. The zero-order valence-electron chi connectivity index (χ0n) is 15.4. The van der Waals surface area contributed by atoms with Gasteiger partial charge < -0.3 is 15.4 Å². The van der Waals surface area contributed by atoms with E-state index in [1.54, 1.807) is 0 Å². The number of alkyl carbamates (subject to hydrolysis) is 1. The third-order valence-corrected chi connectivity index (χ3v) is 3.90. The zero-order valence-corrected chi connectivity index (χ0v) is 16.2. The molecule has 0 rings (SSSR count). The predicted octanol–water partition coefficient (Wildman–Crippen LogP) is 3.25. The molecule has 0 aromatic rings. The van der Waals surface area contributed by atoms with Gasteiger partial charge in [0.1, 0.15) is 5.60 Å². The Balaban J connectivity index is 3.37. The summed E-state index contributed by atoms with van der Waals surface area (Å²) < 4.78 is 5.15. The van der Waals surface area contributed by atoms with Gasteiger partial charge in [0.15, 0.2) is 5.12 Å². The molecule has 7 heteroatoms. The highest BCUT2D eigenvalue weighted by Gasteiger charge is 2.15. The molecular formula is C17H32N2O4S. The Bertz CT molecular complexity index is 395. The quantitative estimate of drug-likeness (QED) is 0.553. The van der Waals surface area contributed by atoms with E-state index in [1.165, 1.54) is 18.7 Å². The number of hydrogen-bond acceptors (Lipinski definition) is 5.